The molecule has 0 bridgehead atoms. The summed E-state index contributed by atoms with van der Waals surface area (Å²) in [4.78, 5) is 14.3. The van der Waals surface area contributed by atoms with Gasteiger partial charge in [-0.3, -0.25) is 4.79 Å². The van der Waals surface area contributed by atoms with Gasteiger partial charge in [0.1, 0.15) is 5.92 Å². The number of nitrogens with two attached hydrogens (primary N) is 1. The van der Waals surface area contributed by atoms with Gasteiger partial charge in [0, 0.05) is 24.3 Å². The van der Waals surface area contributed by atoms with Gasteiger partial charge < -0.3 is 15.7 Å². The molecule has 1 amide bonds. The molecule has 0 spiro atoms. The monoisotopic (exact) mass is 307 g/mol. The van der Waals surface area contributed by atoms with Gasteiger partial charge in [-0.2, -0.15) is 5.26 Å². The molecular weight excluding hydrogens is 290 g/mol. The molecule has 3 N–H and O–H groups in total. The molecule has 1 aliphatic heterocycles. The van der Waals surface area contributed by atoms with Crippen LogP contribution in [0.15, 0.2) is 54.6 Å². The molecular formula is C18H17N3O2. The van der Waals surface area contributed by atoms with Gasteiger partial charge >= 0.3 is 0 Å². The Kier molecular flexibility index (Phi) is 3.77. The van der Waals surface area contributed by atoms with Crippen molar-refractivity contribution in [3.8, 4) is 6.07 Å². The molecule has 0 saturated carbocycles. The number of carbonyl (C=O) groups excluding carboxylic acids is 1. The Balaban J connectivity index is 1.97. The minimum atomic E-state index is -1.89. The lowest BCUT2D eigenvalue weighted by molar-refractivity contribution is -0.145. The van der Waals surface area contributed by atoms with Crippen molar-refractivity contribution < 1.29 is 9.90 Å². The average molecular weight is 307 g/mol. The summed E-state index contributed by atoms with van der Waals surface area (Å²) in [5.41, 5.74) is 5.58. The normalized spacial score (nSPS) is 23.7. The largest absolute Gasteiger partial charge is 0.398 e. The van der Waals surface area contributed by atoms with Crippen molar-refractivity contribution in [1.29, 1.82) is 5.26 Å². The van der Waals surface area contributed by atoms with E-state index < -0.39 is 17.4 Å². The average Bonchev–Trinajstić information content (AvgIpc) is 2.81. The number of aliphatic hydroxyl groups is 1. The number of para-hydroxylation sites is 1. The van der Waals surface area contributed by atoms with E-state index in [1.54, 1.807) is 24.3 Å². The van der Waals surface area contributed by atoms with Gasteiger partial charge in [-0.1, -0.05) is 48.5 Å². The van der Waals surface area contributed by atoms with E-state index in [4.69, 9.17) is 5.73 Å². The second-order valence-corrected chi connectivity index (χ2v) is 5.71. The molecule has 1 fully saturated rings. The molecule has 5 heteroatoms. The number of amides is 1. The second kappa shape index (κ2) is 5.75. The van der Waals surface area contributed by atoms with Crippen molar-refractivity contribution >= 4 is 11.6 Å². The first-order chi connectivity index (χ1) is 11.1. The highest BCUT2D eigenvalue weighted by atomic mass is 16.3. The third-order valence-corrected chi connectivity index (χ3v) is 4.26. The summed E-state index contributed by atoms with van der Waals surface area (Å²) in [6.45, 7) is 0.530. The highest BCUT2D eigenvalue weighted by Crippen LogP contribution is 2.40. The van der Waals surface area contributed by atoms with E-state index in [0.29, 0.717) is 17.8 Å². The maximum Gasteiger partial charge on any atom is 0.261 e. The Labute approximate surface area is 134 Å². The highest BCUT2D eigenvalue weighted by Gasteiger charge is 2.55. The van der Waals surface area contributed by atoms with Gasteiger partial charge in [-0.25, -0.2) is 0 Å². The number of carbonyl (C=O) groups is 1. The summed E-state index contributed by atoms with van der Waals surface area (Å²) >= 11 is 0. The molecule has 0 radical (unpaired) electrons. The van der Waals surface area contributed by atoms with E-state index in [1.165, 1.54) is 4.90 Å². The SMILES string of the molecule is N#C[C@H]1CN(Cc2ccccc2)C(=O)[C@]1(O)c1ccccc1N. The van der Waals surface area contributed by atoms with Gasteiger partial charge in [0.2, 0.25) is 0 Å². The van der Waals surface area contributed by atoms with E-state index in [-0.39, 0.29) is 6.54 Å². The lowest BCUT2D eigenvalue weighted by Crippen LogP contribution is -2.40. The first kappa shape index (κ1) is 15.1. The van der Waals surface area contributed by atoms with Crippen molar-refractivity contribution in [2.24, 2.45) is 5.92 Å². The van der Waals surface area contributed by atoms with E-state index in [2.05, 4.69) is 6.07 Å². The summed E-state index contributed by atoms with van der Waals surface area (Å²) in [7, 11) is 0. The Morgan fingerprint density at radius 2 is 1.87 bits per heavy atom. The summed E-state index contributed by atoms with van der Waals surface area (Å²) < 4.78 is 0. The van der Waals surface area contributed by atoms with Crippen LogP contribution in [-0.4, -0.2) is 22.5 Å². The van der Waals surface area contributed by atoms with E-state index in [0.717, 1.165) is 5.56 Å². The topological polar surface area (TPSA) is 90.3 Å². The minimum Gasteiger partial charge on any atom is -0.398 e. The summed E-state index contributed by atoms with van der Waals surface area (Å²) in [6.07, 6.45) is 0. The Morgan fingerprint density at radius 1 is 1.22 bits per heavy atom. The third kappa shape index (κ3) is 2.43. The van der Waals surface area contributed by atoms with Crippen LogP contribution in [0.25, 0.3) is 0 Å². The summed E-state index contributed by atoms with van der Waals surface area (Å²) in [5.74, 6) is -1.34. The predicted octanol–water partition coefficient (Wildman–Crippen LogP) is 1.64. The first-order valence-corrected chi connectivity index (χ1v) is 7.37. The Morgan fingerprint density at radius 3 is 2.52 bits per heavy atom. The fraction of sp³-hybridized carbons (Fsp3) is 0.222. The lowest BCUT2D eigenvalue weighted by atomic mass is 9.83. The molecule has 5 nitrogen and oxygen atoms in total. The molecule has 0 aromatic heterocycles. The summed E-state index contributed by atoms with van der Waals surface area (Å²) in [6, 6.07) is 18.2. The van der Waals surface area contributed by atoms with E-state index in [1.807, 2.05) is 30.3 Å². The molecule has 1 heterocycles. The molecule has 3 rings (SSSR count). The third-order valence-electron chi connectivity index (χ3n) is 4.26. The highest BCUT2D eigenvalue weighted by molar-refractivity contribution is 5.91. The lowest BCUT2D eigenvalue weighted by Gasteiger charge is -2.25. The molecule has 116 valence electrons. The number of nitriles is 1. The van der Waals surface area contributed by atoms with E-state index in [9.17, 15) is 15.2 Å². The molecule has 2 atom stereocenters. The number of nitrogen functional groups attached to an aromatic ring is 1. The zero-order valence-corrected chi connectivity index (χ0v) is 12.5. The van der Waals surface area contributed by atoms with Gasteiger partial charge in [-0.05, 0) is 11.6 Å². The predicted molar refractivity (Wildman–Crippen MR) is 85.7 cm³/mol. The second-order valence-electron chi connectivity index (χ2n) is 5.71. The molecule has 0 aliphatic carbocycles. The number of nitrogens with zero attached hydrogens (tertiary/aromatic N) is 2. The van der Waals surface area contributed by atoms with Crippen LogP contribution in [0.3, 0.4) is 0 Å². The van der Waals surface area contributed by atoms with Gasteiger partial charge in [0.25, 0.3) is 5.91 Å². The quantitative estimate of drug-likeness (QED) is 0.843. The smallest absolute Gasteiger partial charge is 0.261 e. The summed E-state index contributed by atoms with van der Waals surface area (Å²) in [5, 5.41) is 20.5. The molecule has 1 aliphatic rings. The standard InChI is InChI=1S/C18H17N3O2/c19-10-14-12-21(11-13-6-2-1-3-7-13)17(22)18(14,23)15-8-4-5-9-16(15)20/h1-9,14,23H,11-12,20H2/t14-,18+/m0/s1. The van der Waals surface area contributed by atoms with Crippen LogP contribution < -0.4 is 5.73 Å². The number of benzene rings is 2. The van der Waals surface area contributed by atoms with Crippen molar-refractivity contribution in [3.63, 3.8) is 0 Å². The zero-order chi connectivity index (χ0) is 16.4. The zero-order valence-electron chi connectivity index (χ0n) is 12.5. The van der Waals surface area contributed by atoms with Crippen LogP contribution in [0.2, 0.25) is 0 Å². The number of hydrogen-bond donors (Lipinski definition) is 2. The van der Waals surface area contributed by atoms with Crippen molar-refractivity contribution in [2.75, 3.05) is 12.3 Å². The number of hydrogen-bond acceptors (Lipinski definition) is 4. The Bertz CT molecular complexity index is 769. The maximum absolute atomic E-state index is 12.8. The Hall–Kier alpha value is -2.84. The maximum atomic E-state index is 12.8. The van der Waals surface area contributed by atoms with Gasteiger partial charge in [-0.15, -0.1) is 0 Å². The number of rotatable bonds is 3. The molecule has 23 heavy (non-hydrogen) atoms. The van der Waals surface area contributed by atoms with Crippen molar-refractivity contribution in [2.45, 2.75) is 12.1 Å². The van der Waals surface area contributed by atoms with Crippen molar-refractivity contribution in [3.05, 3.63) is 65.7 Å². The molecule has 2 aromatic carbocycles. The fourth-order valence-electron chi connectivity index (χ4n) is 3.05. The van der Waals surface area contributed by atoms with Gasteiger partial charge in [0.05, 0.1) is 6.07 Å². The molecule has 2 aromatic rings. The fourth-order valence-corrected chi connectivity index (χ4v) is 3.05. The number of likely N-dealkylation sites (tertiary alicyclic amines) is 1. The molecule has 0 unspecified atom stereocenters. The first-order valence-electron chi connectivity index (χ1n) is 7.37. The van der Waals surface area contributed by atoms with E-state index >= 15 is 0 Å². The van der Waals surface area contributed by atoms with Crippen LogP contribution in [0, 0.1) is 17.2 Å². The van der Waals surface area contributed by atoms with Crippen LogP contribution in [0.1, 0.15) is 11.1 Å². The minimum absolute atomic E-state index is 0.176. The molecule has 1 saturated heterocycles. The number of anilines is 1. The van der Waals surface area contributed by atoms with Crippen molar-refractivity contribution in [1.82, 2.24) is 4.90 Å². The van der Waals surface area contributed by atoms with Crippen LogP contribution in [-0.2, 0) is 16.9 Å². The van der Waals surface area contributed by atoms with Crippen LogP contribution >= 0.6 is 0 Å². The van der Waals surface area contributed by atoms with Crippen LogP contribution in [0.5, 0.6) is 0 Å². The van der Waals surface area contributed by atoms with Crippen LogP contribution in [0.4, 0.5) is 5.69 Å². The van der Waals surface area contributed by atoms with Gasteiger partial charge in [0.15, 0.2) is 5.60 Å².